The summed E-state index contributed by atoms with van der Waals surface area (Å²) in [7, 11) is 0. The molecule has 0 aliphatic carbocycles. The first-order valence-corrected chi connectivity index (χ1v) is 5.12. The molecule has 1 atom stereocenters. The van der Waals surface area contributed by atoms with Crippen LogP contribution in [0.3, 0.4) is 0 Å². The van der Waals surface area contributed by atoms with Crippen LogP contribution in [0.25, 0.3) is 0 Å². The van der Waals surface area contributed by atoms with Gasteiger partial charge in [-0.1, -0.05) is 13.3 Å². The number of carbonyl (C=O) groups excluding carboxylic acids is 1. The Bertz CT molecular complexity index is 345. The Morgan fingerprint density at radius 1 is 1.67 bits per heavy atom. The molecule has 0 radical (unpaired) electrons. The molecule has 1 aromatic heterocycles. The second-order valence-corrected chi connectivity index (χ2v) is 3.64. The summed E-state index contributed by atoms with van der Waals surface area (Å²) >= 11 is 0. The van der Waals surface area contributed by atoms with Gasteiger partial charge in [-0.3, -0.25) is 10.2 Å². The van der Waals surface area contributed by atoms with E-state index in [4.69, 9.17) is 5.84 Å². The van der Waals surface area contributed by atoms with Gasteiger partial charge in [0.25, 0.3) is 5.91 Å². The number of nitrogens with two attached hydrogens (primary N) is 1. The summed E-state index contributed by atoms with van der Waals surface area (Å²) in [5.41, 5.74) is 4.15. The van der Waals surface area contributed by atoms with E-state index >= 15 is 0 Å². The van der Waals surface area contributed by atoms with Crippen LogP contribution in [0, 0.1) is 13.8 Å². The van der Waals surface area contributed by atoms with E-state index in [9.17, 15) is 4.79 Å². The van der Waals surface area contributed by atoms with Crippen LogP contribution in [0.2, 0.25) is 0 Å². The lowest BCUT2D eigenvalue weighted by Crippen LogP contribution is -2.37. The molecule has 0 bridgehead atoms. The smallest absolute Gasteiger partial charge is 0.256 e. The minimum Gasteiger partial charge on any atom is -0.322 e. The zero-order valence-corrected chi connectivity index (χ0v) is 9.45. The first-order valence-electron chi connectivity index (χ1n) is 5.12. The van der Waals surface area contributed by atoms with Crippen LogP contribution in [0.15, 0.2) is 6.33 Å². The molecule has 5 heteroatoms. The normalized spacial score (nSPS) is 12.5. The van der Waals surface area contributed by atoms with Crippen molar-refractivity contribution in [3.8, 4) is 0 Å². The van der Waals surface area contributed by atoms with Crippen molar-refractivity contribution in [1.29, 1.82) is 0 Å². The molecule has 0 spiro atoms. The monoisotopic (exact) mass is 210 g/mol. The molecule has 0 aliphatic heterocycles. The molecule has 0 saturated heterocycles. The van der Waals surface area contributed by atoms with Crippen molar-refractivity contribution in [2.45, 2.75) is 39.7 Å². The largest absolute Gasteiger partial charge is 0.322 e. The number of hydrogen-bond donors (Lipinski definition) is 2. The maximum absolute atomic E-state index is 11.6. The number of hydrazine groups is 1. The summed E-state index contributed by atoms with van der Waals surface area (Å²) in [4.78, 5) is 15.8. The van der Waals surface area contributed by atoms with Crippen molar-refractivity contribution in [3.05, 3.63) is 17.7 Å². The van der Waals surface area contributed by atoms with Crippen LogP contribution in [-0.4, -0.2) is 15.5 Å². The zero-order chi connectivity index (χ0) is 11.4. The first-order chi connectivity index (χ1) is 7.11. The van der Waals surface area contributed by atoms with Crippen molar-refractivity contribution in [1.82, 2.24) is 15.0 Å². The second kappa shape index (κ2) is 4.93. The number of carbonyl (C=O) groups is 1. The van der Waals surface area contributed by atoms with Crippen LogP contribution in [0.1, 0.15) is 37.2 Å². The summed E-state index contributed by atoms with van der Waals surface area (Å²) in [6.45, 7) is 5.92. The van der Waals surface area contributed by atoms with Crippen molar-refractivity contribution in [2.24, 2.45) is 5.84 Å². The van der Waals surface area contributed by atoms with Gasteiger partial charge in [0.1, 0.15) is 6.04 Å². The van der Waals surface area contributed by atoms with Crippen LogP contribution < -0.4 is 11.3 Å². The third kappa shape index (κ3) is 2.36. The number of nitrogens with zero attached hydrogens (tertiary/aromatic N) is 2. The topological polar surface area (TPSA) is 72.9 Å². The number of hydrogen-bond acceptors (Lipinski definition) is 3. The van der Waals surface area contributed by atoms with Crippen LogP contribution >= 0.6 is 0 Å². The van der Waals surface area contributed by atoms with Gasteiger partial charge in [0, 0.05) is 5.69 Å². The molecule has 3 N–H and O–H groups in total. The number of rotatable bonds is 4. The molecule has 84 valence electrons. The van der Waals surface area contributed by atoms with E-state index in [1.165, 1.54) is 0 Å². The van der Waals surface area contributed by atoms with E-state index in [-0.39, 0.29) is 11.9 Å². The van der Waals surface area contributed by atoms with Gasteiger partial charge in [0.2, 0.25) is 0 Å². The number of imidazole rings is 1. The van der Waals surface area contributed by atoms with Gasteiger partial charge in [0.05, 0.1) is 12.0 Å². The quantitative estimate of drug-likeness (QED) is 0.439. The SMILES string of the molecule is CCCC(C(=O)NN)n1cnc(C)c1C. The van der Waals surface area contributed by atoms with E-state index in [1.54, 1.807) is 6.33 Å². The molecular weight excluding hydrogens is 192 g/mol. The third-order valence-electron chi connectivity index (χ3n) is 2.63. The number of nitrogens with one attached hydrogen (secondary N) is 1. The van der Waals surface area contributed by atoms with Crippen molar-refractivity contribution < 1.29 is 4.79 Å². The fourth-order valence-electron chi connectivity index (χ4n) is 1.60. The highest BCUT2D eigenvalue weighted by Gasteiger charge is 2.20. The number of amides is 1. The van der Waals surface area contributed by atoms with Gasteiger partial charge < -0.3 is 4.57 Å². The number of aromatic nitrogens is 2. The zero-order valence-electron chi connectivity index (χ0n) is 9.45. The fraction of sp³-hybridized carbons (Fsp3) is 0.600. The van der Waals surface area contributed by atoms with E-state index in [0.717, 1.165) is 24.2 Å². The molecular formula is C10H18N4O. The fourth-order valence-corrected chi connectivity index (χ4v) is 1.60. The Morgan fingerprint density at radius 2 is 2.33 bits per heavy atom. The van der Waals surface area contributed by atoms with Crippen molar-refractivity contribution in [2.75, 3.05) is 0 Å². The van der Waals surface area contributed by atoms with Gasteiger partial charge in [-0.05, 0) is 20.3 Å². The Morgan fingerprint density at radius 3 is 2.73 bits per heavy atom. The van der Waals surface area contributed by atoms with E-state index in [2.05, 4.69) is 10.4 Å². The Labute approximate surface area is 89.6 Å². The van der Waals surface area contributed by atoms with Crippen molar-refractivity contribution in [3.63, 3.8) is 0 Å². The highest BCUT2D eigenvalue weighted by atomic mass is 16.2. The molecule has 15 heavy (non-hydrogen) atoms. The second-order valence-electron chi connectivity index (χ2n) is 3.64. The minimum absolute atomic E-state index is 0.169. The summed E-state index contributed by atoms with van der Waals surface area (Å²) in [6, 6.07) is -0.249. The molecule has 1 heterocycles. The maximum Gasteiger partial charge on any atom is 0.256 e. The van der Waals surface area contributed by atoms with Crippen LogP contribution in [0.4, 0.5) is 0 Å². The molecule has 1 amide bonds. The summed E-state index contributed by atoms with van der Waals surface area (Å²) in [6.07, 6.45) is 3.38. The molecule has 0 aliphatic rings. The maximum atomic E-state index is 11.6. The Hall–Kier alpha value is -1.36. The molecule has 1 unspecified atom stereocenters. The van der Waals surface area contributed by atoms with Crippen LogP contribution in [0.5, 0.6) is 0 Å². The predicted molar refractivity (Wildman–Crippen MR) is 58.0 cm³/mol. The van der Waals surface area contributed by atoms with Gasteiger partial charge in [-0.25, -0.2) is 10.8 Å². The van der Waals surface area contributed by atoms with E-state index in [1.807, 2.05) is 25.3 Å². The highest BCUT2D eigenvalue weighted by molar-refractivity contribution is 5.79. The average molecular weight is 210 g/mol. The summed E-state index contributed by atoms with van der Waals surface area (Å²) in [5.74, 6) is 5.00. The molecule has 0 aromatic carbocycles. The summed E-state index contributed by atoms with van der Waals surface area (Å²) in [5, 5.41) is 0. The molecule has 1 rings (SSSR count). The lowest BCUT2D eigenvalue weighted by atomic mass is 10.1. The van der Waals surface area contributed by atoms with Crippen LogP contribution in [-0.2, 0) is 4.79 Å². The van der Waals surface area contributed by atoms with E-state index < -0.39 is 0 Å². The van der Waals surface area contributed by atoms with E-state index in [0.29, 0.717) is 0 Å². The average Bonchev–Trinajstić information content (AvgIpc) is 2.56. The number of aryl methyl sites for hydroxylation is 1. The Kier molecular flexibility index (Phi) is 3.85. The van der Waals surface area contributed by atoms with Gasteiger partial charge in [0.15, 0.2) is 0 Å². The van der Waals surface area contributed by atoms with Gasteiger partial charge in [-0.2, -0.15) is 0 Å². The lowest BCUT2D eigenvalue weighted by molar-refractivity contribution is -0.124. The Balaban J connectivity index is 2.98. The third-order valence-corrected chi connectivity index (χ3v) is 2.63. The lowest BCUT2D eigenvalue weighted by Gasteiger charge is -2.17. The molecule has 0 fully saturated rings. The minimum atomic E-state index is -0.249. The summed E-state index contributed by atoms with van der Waals surface area (Å²) < 4.78 is 1.88. The first kappa shape index (κ1) is 11.7. The van der Waals surface area contributed by atoms with Gasteiger partial charge in [-0.15, -0.1) is 0 Å². The molecule has 0 saturated carbocycles. The molecule has 5 nitrogen and oxygen atoms in total. The standard InChI is InChI=1S/C10H18N4O/c1-4-5-9(10(15)13-11)14-6-12-7(2)8(14)3/h6,9H,4-5,11H2,1-3H3,(H,13,15). The van der Waals surface area contributed by atoms with Crippen molar-refractivity contribution >= 4 is 5.91 Å². The molecule has 1 aromatic rings. The van der Waals surface area contributed by atoms with Gasteiger partial charge >= 0.3 is 0 Å². The highest BCUT2D eigenvalue weighted by Crippen LogP contribution is 2.17. The predicted octanol–water partition coefficient (Wildman–Crippen LogP) is 0.831.